The van der Waals surface area contributed by atoms with Gasteiger partial charge in [0.15, 0.2) is 0 Å². The Morgan fingerprint density at radius 1 is 1.00 bits per heavy atom. The molecule has 0 spiro atoms. The van der Waals surface area contributed by atoms with Gasteiger partial charge in [0.1, 0.15) is 9.79 Å². The molecule has 5 heteroatoms. The van der Waals surface area contributed by atoms with Gasteiger partial charge in [0.2, 0.25) is 0 Å². The summed E-state index contributed by atoms with van der Waals surface area (Å²) in [5.41, 5.74) is 2.55. The molecule has 0 aliphatic carbocycles. The predicted octanol–water partition coefficient (Wildman–Crippen LogP) is 5.24. The fourth-order valence-corrected chi connectivity index (χ4v) is 6.15. The zero-order chi connectivity index (χ0) is 15.4. The summed E-state index contributed by atoms with van der Waals surface area (Å²) in [4.78, 5) is 0. The minimum absolute atomic E-state index is 0.417. The molecular weight excluding hydrogens is 334 g/mol. The first-order chi connectivity index (χ1) is 10.8. The van der Waals surface area contributed by atoms with Gasteiger partial charge in [-0.25, -0.2) is 0 Å². The SMILES string of the molecule is O/N=C(\c1ccccc1Cl)C1(c2ccccc2)SCCCS1. The van der Waals surface area contributed by atoms with Gasteiger partial charge >= 0.3 is 0 Å². The maximum absolute atomic E-state index is 9.79. The fraction of sp³-hybridized carbons (Fsp3) is 0.235. The lowest BCUT2D eigenvalue weighted by Crippen LogP contribution is -2.33. The van der Waals surface area contributed by atoms with Crippen LogP contribution >= 0.6 is 35.1 Å². The van der Waals surface area contributed by atoms with Crippen LogP contribution in [0.1, 0.15) is 17.5 Å². The van der Waals surface area contributed by atoms with Crippen LogP contribution in [-0.2, 0) is 4.08 Å². The quantitative estimate of drug-likeness (QED) is 0.467. The number of rotatable bonds is 3. The summed E-state index contributed by atoms with van der Waals surface area (Å²) >= 11 is 9.98. The van der Waals surface area contributed by atoms with Gasteiger partial charge in [-0.15, -0.1) is 23.5 Å². The van der Waals surface area contributed by atoms with Crippen molar-refractivity contribution in [2.24, 2.45) is 5.16 Å². The summed E-state index contributed by atoms with van der Waals surface area (Å²) in [5.74, 6) is 2.07. The van der Waals surface area contributed by atoms with E-state index in [-0.39, 0.29) is 0 Å². The van der Waals surface area contributed by atoms with Crippen LogP contribution < -0.4 is 0 Å². The average Bonchev–Trinajstić information content (AvgIpc) is 2.59. The molecule has 0 unspecified atom stereocenters. The third kappa shape index (κ3) is 2.87. The van der Waals surface area contributed by atoms with E-state index in [9.17, 15) is 5.21 Å². The van der Waals surface area contributed by atoms with Crippen molar-refractivity contribution in [3.63, 3.8) is 0 Å². The molecule has 0 bridgehead atoms. The molecule has 1 fully saturated rings. The van der Waals surface area contributed by atoms with Crippen LogP contribution in [0.2, 0.25) is 5.02 Å². The molecule has 2 aromatic carbocycles. The van der Waals surface area contributed by atoms with Crippen LogP contribution in [0.5, 0.6) is 0 Å². The Bertz CT molecular complexity index is 669. The minimum Gasteiger partial charge on any atom is -0.411 e. The van der Waals surface area contributed by atoms with Gasteiger partial charge in [-0.2, -0.15) is 0 Å². The van der Waals surface area contributed by atoms with E-state index < -0.39 is 4.08 Å². The summed E-state index contributed by atoms with van der Waals surface area (Å²) in [6.45, 7) is 0. The van der Waals surface area contributed by atoms with E-state index in [1.807, 2.05) is 66.0 Å². The molecule has 1 aliphatic rings. The molecule has 3 rings (SSSR count). The summed E-state index contributed by atoms with van der Waals surface area (Å²) in [5, 5.41) is 14.1. The zero-order valence-electron chi connectivity index (χ0n) is 11.9. The minimum atomic E-state index is -0.417. The van der Waals surface area contributed by atoms with Crippen molar-refractivity contribution in [1.29, 1.82) is 0 Å². The van der Waals surface area contributed by atoms with E-state index in [4.69, 9.17) is 11.6 Å². The highest BCUT2D eigenvalue weighted by molar-refractivity contribution is 8.19. The molecule has 0 saturated carbocycles. The summed E-state index contributed by atoms with van der Waals surface area (Å²) in [6.07, 6.45) is 1.16. The van der Waals surface area contributed by atoms with Crippen molar-refractivity contribution in [1.82, 2.24) is 0 Å². The molecular formula is C17H16ClNOS2. The molecule has 22 heavy (non-hydrogen) atoms. The highest BCUT2D eigenvalue weighted by Crippen LogP contribution is 2.53. The van der Waals surface area contributed by atoms with Crippen LogP contribution in [-0.4, -0.2) is 22.4 Å². The van der Waals surface area contributed by atoms with Crippen molar-refractivity contribution >= 4 is 40.8 Å². The topological polar surface area (TPSA) is 32.6 Å². The second kappa shape index (κ2) is 6.99. The molecule has 2 aromatic rings. The van der Waals surface area contributed by atoms with Gasteiger partial charge in [0.05, 0.1) is 0 Å². The van der Waals surface area contributed by atoms with Crippen LogP contribution in [0, 0.1) is 0 Å². The van der Waals surface area contributed by atoms with E-state index in [0.717, 1.165) is 29.1 Å². The van der Waals surface area contributed by atoms with Crippen molar-refractivity contribution in [2.75, 3.05) is 11.5 Å². The standard InChI is InChI=1S/C17H16ClNOS2/c18-15-10-5-4-9-14(15)16(19-20)17(21-11-6-12-22-17)13-7-2-1-3-8-13/h1-5,7-10,20H,6,11-12H2/b19-16+. The van der Waals surface area contributed by atoms with Gasteiger partial charge in [-0.05, 0) is 29.6 Å². The zero-order valence-corrected chi connectivity index (χ0v) is 14.3. The molecule has 0 aromatic heterocycles. The van der Waals surface area contributed by atoms with E-state index in [0.29, 0.717) is 10.7 Å². The van der Waals surface area contributed by atoms with Crippen LogP contribution in [0.4, 0.5) is 0 Å². The van der Waals surface area contributed by atoms with Crippen LogP contribution in [0.25, 0.3) is 0 Å². The molecule has 1 saturated heterocycles. The van der Waals surface area contributed by atoms with Crippen molar-refractivity contribution < 1.29 is 5.21 Å². The normalized spacial score (nSPS) is 18.1. The predicted molar refractivity (Wildman–Crippen MR) is 97.4 cm³/mol. The Kier molecular flexibility index (Phi) is 5.01. The monoisotopic (exact) mass is 349 g/mol. The third-order valence-corrected chi connectivity index (χ3v) is 7.29. The van der Waals surface area contributed by atoms with Gasteiger partial charge < -0.3 is 5.21 Å². The van der Waals surface area contributed by atoms with E-state index in [2.05, 4.69) is 17.3 Å². The van der Waals surface area contributed by atoms with E-state index in [1.165, 1.54) is 0 Å². The van der Waals surface area contributed by atoms with Crippen LogP contribution in [0.15, 0.2) is 59.8 Å². The number of nitrogens with zero attached hydrogens (tertiary/aromatic N) is 1. The molecule has 2 nitrogen and oxygen atoms in total. The third-order valence-electron chi connectivity index (χ3n) is 3.59. The first-order valence-electron chi connectivity index (χ1n) is 7.09. The summed E-state index contributed by atoms with van der Waals surface area (Å²) in [6, 6.07) is 17.8. The number of hydrogen-bond acceptors (Lipinski definition) is 4. The second-order valence-corrected chi connectivity index (χ2v) is 8.25. The fourth-order valence-electron chi connectivity index (χ4n) is 2.58. The lowest BCUT2D eigenvalue weighted by atomic mass is 10.0. The van der Waals surface area contributed by atoms with Crippen molar-refractivity contribution in [2.45, 2.75) is 10.5 Å². The lowest BCUT2D eigenvalue weighted by Gasteiger charge is -2.37. The van der Waals surface area contributed by atoms with Gasteiger partial charge in [-0.1, -0.05) is 65.3 Å². The number of oxime groups is 1. The molecule has 1 N–H and O–H groups in total. The Balaban J connectivity index is 2.15. The molecule has 114 valence electrons. The summed E-state index contributed by atoms with van der Waals surface area (Å²) in [7, 11) is 0. The van der Waals surface area contributed by atoms with E-state index in [1.54, 1.807) is 0 Å². The second-order valence-electron chi connectivity index (χ2n) is 4.96. The highest BCUT2D eigenvalue weighted by atomic mass is 35.5. The Morgan fingerprint density at radius 2 is 1.64 bits per heavy atom. The molecule has 0 atom stereocenters. The maximum atomic E-state index is 9.79. The highest BCUT2D eigenvalue weighted by Gasteiger charge is 2.42. The number of hydrogen-bond donors (Lipinski definition) is 1. The molecule has 0 radical (unpaired) electrons. The van der Waals surface area contributed by atoms with Crippen LogP contribution in [0.3, 0.4) is 0 Å². The van der Waals surface area contributed by atoms with Gasteiger partial charge in [-0.3, -0.25) is 0 Å². The average molecular weight is 350 g/mol. The van der Waals surface area contributed by atoms with Crippen molar-refractivity contribution in [3.8, 4) is 0 Å². The Hall–Kier alpha value is -1.10. The molecule has 1 heterocycles. The number of benzene rings is 2. The Morgan fingerprint density at radius 3 is 2.27 bits per heavy atom. The van der Waals surface area contributed by atoms with Gasteiger partial charge in [0.25, 0.3) is 0 Å². The van der Waals surface area contributed by atoms with E-state index >= 15 is 0 Å². The van der Waals surface area contributed by atoms with Gasteiger partial charge in [0, 0.05) is 10.6 Å². The number of halogens is 1. The lowest BCUT2D eigenvalue weighted by molar-refractivity contribution is 0.318. The maximum Gasteiger partial charge on any atom is 0.132 e. The summed E-state index contributed by atoms with van der Waals surface area (Å²) < 4.78 is -0.417. The van der Waals surface area contributed by atoms with Crippen molar-refractivity contribution in [3.05, 3.63) is 70.7 Å². The first-order valence-corrected chi connectivity index (χ1v) is 9.44. The number of thioether (sulfide) groups is 2. The Labute approximate surface area is 144 Å². The molecule has 1 aliphatic heterocycles. The first kappa shape index (κ1) is 15.8. The largest absolute Gasteiger partial charge is 0.411 e. The smallest absolute Gasteiger partial charge is 0.132 e. The molecule has 0 amide bonds.